The van der Waals surface area contributed by atoms with E-state index in [4.69, 9.17) is 0 Å². The van der Waals surface area contributed by atoms with Crippen molar-refractivity contribution in [2.75, 3.05) is 0 Å². The second-order valence-electron chi connectivity index (χ2n) is 3.08. The van der Waals surface area contributed by atoms with Crippen LogP contribution in [0.1, 0.15) is 59.3 Å². The molecule has 0 saturated heterocycles. The van der Waals surface area contributed by atoms with E-state index in [1.807, 2.05) is 0 Å². The highest BCUT2D eigenvalue weighted by atomic mass is 14.0. The third-order valence-corrected chi connectivity index (χ3v) is 2.05. The van der Waals surface area contributed by atoms with E-state index in [9.17, 15) is 0 Å². The van der Waals surface area contributed by atoms with Crippen molar-refractivity contribution in [3.8, 4) is 0 Å². The van der Waals surface area contributed by atoms with Crippen LogP contribution in [0.3, 0.4) is 0 Å². The third-order valence-electron chi connectivity index (χ3n) is 2.05. The zero-order valence-corrected chi connectivity index (χ0v) is 8.32. The Kier molecular flexibility index (Phi) is 7.66. The Bertz CT molecular complexity index is 101. The minimum Gasteiger partial charge on any atom is -0.0856 e. The average Bonchev–Trinajstić information content (AvgIpc) is 2.03. The molecule has 0 rings (SSSR count). The fourth-order valence-electron chi connectivity index (χ4n) is 1.31. The molecule has 0 nitrogen and oxygen atoms in total. The lowest BCUT2D eigenvalue weighted by atomic mass is 10.0. The monoisotopic (exact) mass is 154 g/mol. The van der Waals surface area contributed by atoms with Crippen LogP contribution in [0, 0.1) is 0 Å². The minimum absolute atomic E-state index is 1.20. The summed E-state index contributed by atoms with van der Waals surface area (Å²) in [5.41, 5.74) is 1.65. The second-order valence-corrected chi connectivity index (χ2v) is 3.08. The molecule has 0 fully saturated rings. The lowest BCUT2D eigenvalue weighted by Crippen LogP contribution is -1.82. The van der Waals surface area contributed by atoms with Crippen LogP contribution in [-0.4, -0.2) is 0 Å². The topological polar surface area (TPSA) is 0 Å². The fraction of sp³-hybridized carbons (Fsp3) is 0.818. The zero-order valence-electron chi connectivity index (χ0n) is 8.32. The molecule has 0 N–H and O–H groups in total. The summed E-state index contributed by atoms with van der Waals surface area (Å²) in [4.78, 5) is 0. The van der Waals surface area contributed by atoms with Crippen molar-refractivity contribution in [3.05, 3.63) is 11.6 Å². The van der Waals surface area contributed by atoms with Gasteiger partial charge in [-0.25, -0.2) is 0 Å². The van der Waals surface area contributed by atoms with Crippen LogP contribution in [0.2, 0.25) is 0 Å². The molecule has 0 spiro atoms. The van der Waals surface area contributed by atoms with Crippen molar-refractivity contribution in [3.63, 3.8) is 0 Å². The molecule has 0 heterocycles. The van der Waals surface area contributed by atoms with E-state index < -0.39 is 0 Å². The number of rotatable bonds is 6. The van der Waals surface area contributed by atoms with Crippen molar-refractivity contribution >= 4 is 0 Å². The van der Waals surface area contributed by atoms with E-state index in [0.717, 1.165) is 0 Å². The highest BCUT2D eigenvalue weighted by Crippen LogP contribution is 2.12. The van der Waals surface area contributed by atoms with Crippen molar-refractivity contribution < 1.29 is 0 Å². The molecule has 0 saturated carbocycles. The van der Waals surface area contributed by atoms with Gasteiger partial charge in [-0.05, 0) is 25.7 Å². The van der Waals surface area contributed by atoms with Crippen LogP contribution in [0.25, 0.3) is 0 Å². The molecule has 0 aliphatic rings. The SMILES string of the molecule is CC/C=C(/CC)CCCCC. The predicted molar refractivity (Wildman–Crippen MR) is 52.8 cm³/mol. The molecule has 0 heteroatoms. The molecule has 0 aliphatic heterocycles. The quantitative estimate of drug-likeness (QED) is 0.395. The highest BCUT2D eigenvalue weighted by Gasteiger charge is 1.92. The standard InChI is InChI=1S/C11H22/c1-4-7-8-10-11(6-3)9-5-2/h9H,4-8,10H2,1-3H3/b11-9-. The highest BCUT2D eigenvalue weighted by molar-refractivity contribution is 5.00. The molecule has 0 radical (unpaired) electrons. The van der Waals surface area contributed by atoms with E-state index in [-0.39, 0.29) is 0 Å². The first kappa shape index (κ1) is 10.7. The molecule has 0 aromatic heterocycles. The molecular formula is C11H22. The van der Waals surface area contributed by atoms with E-state index in [1.165, 1.54) is 38.5 Å². The molecule has 66 valence electrons. The van der Waals surface area contributed by atoms with Gasteiger partial charge in [0.1, 0.15) is 0 Å². The van der Waals surface area contributed by atoms with Crippen molar-refractivity contribution in [2.24, 2.45) is 0 Å². The van der Waals surface area contributed by atoms with Gasteiger partial charge in [0.05, 0.1) is 0 Å². The first-order valence-electron chi connectivity index (χ1n) is 5.03. The van der Waals surface area contributed by atoms with Crippen LogP contribution in [0.5, 0.6) is 0 Å². The molecule has 0 aliphatic carbocycles. The summed E-state index contributed by atoms with van der Waals surface area (Å²) < 4.78 is 0. The summed E-state index contributed by atoms with van der Waals surface area (Å²) in [6, 6.07) is 0. The Hall–Kier alpha value is -0.260. The lowest BCUT2D eigenvalue weighted by Gasteiger charge is -2.02. The first-order valence-corrected chi connectivity index (χ1v) is 5.03. The first-order chi connectivity index (χ1) is 5.35. The van der Waals surface area contributed by atoms with E-state index in [1.54, 1.807) is 5.57 Å². The molecule has 0 amide bonds. The van der Waals surface area contributed by atoms with Gasteiger partial charge in [0, 0.05) is 0 Å². The Labute approximate surface area is 71.7 Å². The second kappa shape index (κ2) is 7.84. The maximum absolute atomic E-state index is 2.38. The van der Waals surface area contributed by atoms with Crippen LogP contribution < -0.4 is 0 Å². The largest absolute Gasteiger partial charge is 0.0856 e. The maximum atomic E-state index is 2.38. The van der Waals surface area contributed by atoms with Crippen LogP contribution >= 0.6 is 0 Å². The summed E-state index contributed by atoms with van der Waals surface area (Å²) in [6.45, 7) is 6.73. The smallest absolute Gasteiger partial charge is 0.0320 e. The molecule has 0 bridgehead atoms. The Morgan fingerprint density at radius 2 is 1.82 bits per heavy atom. The van der Waals surface area contributed by atoms with Gasteiger partial charge < -0.3 is 0 Å². The molecule has 0 atom stereocenters. The number of hydrogen-bond donors (Lipinski definition) is 0. The molecule has 0 aromatic carbocycles. The van der Waals surface area contributed by atoms with Gasteiger partial charge in [-0.1, -0.05) is 45.3 Å². The predicted octanol–water partition coefficient (Wildman–Crippen LogP) is 4.31. The summed E-state index contributed by atoms with van der Waals surface area (Å²) in [6.07, 6.45) is 10.3. The van der Waals surface area contributed by atoms with Crippen LogP contribution in [-0.2, 0) is 0 Å². The summed E-state index contributed by atoms with van der Waals surface area (Å²) >= 11 is 0. The van der Waals surface area contributed by atoms with Gasteiger partial charge in [0.25, 0.3) is 0 Å². The van der Waals surface area contributed by atoms with Crippen molar-refractivity contribution in [1.82, 2.24) is 0 Å². The van der Waals surface area contributed by atoms with Crippen molar-refractivity contribution in [2.45, 2.75) is 59.3 Å². The molecule has 11 heavy (non-hydrogen) atoms. The number of hydrogen-bond acceptors (Lipinski definition) is 0. The normalized spacial score (nSPS) is 12.1. The Balaban J connectivity index is 3.44. The van der Waals surface area contributed by atoms with Gasteiger partial charge in [-0.2, -0.15) is 0 Å². The Morgan fingerprint density at radius 3 is 2.27 bits per heavy atom. The summed E-state index contributed by atoms with van der Waals surface area (Å²) in [5, 5.41) is 0. The molecular weight excluding hydrogens is 132 g/mol. The average molecular weight is 154 g/mol. The van der Waals surface area contributed by atoms with Gasteiger partial charge >= 0.3 is 0 Å². The van der Waals surface area contributed by atoms with Crippen molar-refractivity contribution in [1.29, 1.82) is 0 Å². The van der Waals surface area contributed by atoms with E-state index in [0.29, 0.717) is 0 Å². The summed E-state index contributed by atoms with van der Waals surface area (Å²) in [7, 11) is 0. The van der Waals surface area contributed by atoms with Gasteiger partial charge in [0.2, 0.25) is 0 Å². The third kappa shape index (κ3) is 6.15. The summed E-state index contributed by atoms with van der Waals surface area (Å²) in [5.74, 6) is 0. The van der Waals surface area contributed by atoms with E-state index in [2.05, 4.69) is 26.8 Å². The zero-order chi connectivity index (χ0) is 8.53. The van der Waals surface area contributed by atoms with E-state index >= 15 is 0 Å². The number of allylic oxidation sites excluding steroid dienone is 2. The fourth-order valence-corrected chi connectivity index (χ4v) is 1.31. The van der Waals surface area contributed by atoms with Crippen LogP contribution in [0.15, 0.2) is 11.6 Å². The maximum Gasteiger partial charge on any atom is -0.0320 e. The van der Waals surface area contributed by atoms with Gasteiger partial charge in [-0.3, -0.25) is 0 Å². The number of unbranched alkanes of at least 4 members (excludes halogenated alkanes) is 2. The lowest BCUT2D eigenvalue weighted by molar-refractivity contribution is 0.700. The van der Waals surface area contributed by atoms with Gasteiger partial charge in [0.15, 0.2) is 0 Å². The molecule has 0 aromatic rings. The van der Waals surface area contributed by atoms with Gasteiger partial charge in [-0.15, -0.1) is 0 Å². The minimum atomic E-state index is 1.20. The Morgan fingerprint density at radius 1 is 1.09 bits per heavy atom. The molecule has 0 unspecified atom stereocenters. The van der Waals surface area contributed by atoms with Crippen LogP contribution in [0.4, 0.5) is 0 Å².